The molecule has 1 aliphatic carbocycles. The summed E-state index contributed by atoms with van der Waals surface area (Å²) in [5.41, 5.74) is 8.08. The number of piperidine rings is 1. The Bertz CT molecular complexity index is 444. The van der Waals surface area contributed by atoms with E-state index in [0.29, 0.717) is 0 Å². The maximum atomic E-state index is 5.87. The van der Waals surface area contributed by atoms with Crippen molar-refractivity contribution >= 4 is 21.6 Å². The smallest absolute Gasteiger partial charge is 0.0458 e. The maximum absolute atomic E-state index is 5.87. The lowest BCUT2D eigenvalue weighted by Gasteiger charge is -2.44. The third-order valence-corrected chi connectivity index (χ3v) is 5.50. The Kier molecular flexibility index (Phi) is 4.13. The summed E-state index contributed by atoms with van der Waals surface area (Å²) in [7, 11) is 0. The van der Waals surface area contributed by atoms with Crippen molar-refractivity contribution in [3.05, 3.63) is 28.2 Å². The van der Waals surface area contributed by atoms with Crippen LogP contribution in [0.4, 0.5) is 5.69 Å². The van der Waals surface area contributed by atoms with Crippen molar-refractivity contribution in [3.63, 3.8) is 0 Å². The molecule has 2 atom stereocenters. The average Bonchev–Trinajstić information content (AvgIpc) is 2.43. The molecule has 0 radical (unpaired) electrons. The highest BCUT2D eigenvalue weighted by Crippen LogP contribution is 2.36. The Labute approximate surface area is 124 Å². The van der Waals surface area contributed by atoms with Gasteiger partial charge >= 0.3 is 0 Å². The van der Waals surface area contributed by atoms with E-state index in [1.54, 1.807) is 0 Å². The van der Waals surface area contributed by atoms with E-state index in [1.807, 2.05) is 6.07 Å². The number of nitrogens with zero attached hydrogens (tertiary/aromatic N) is 1. The van der Waals surface area contributed by atoms with Gasteiger partial charge in [0, 0.05) is 22.7 Å². The molecule has 0 spiro atoms. The fraction of sp³-hybridized carbons (Fsp3) is 0.625. The van der Waals surface area contributed by atoms with Gasteiger partial charge in [-0.15, -0.1) is 0 Å². The highest BCUT2D eigenvalue weighted by Gasteiger charge is 2.32. The Morgan fingerprint density at radius 3 is 2.79 bits per heavy atom. The van der Waals surface area contributed by atoms with E-state index in [-0.39, 0.29) is 0 Å². The summed E-state index contributed by atoms with van der Waals surface area (Å²) in [6.45, 7) is 2.35. The lowest BCUT2D eigenvalue weighted by Crippen LogP contribution is -2.46. The first kappa shape index (κ1) is 13.4. The molecule has 2 aliphatic rings. The molecule has 1 aliphatic heterocycles. The second-order valence-electron chi connectivity index (χ2n) is 6.08. The van der Waals surface area contributed by atoms with Crippen LogP contribution in [0.5, 0.6) is 0 Å². The highest BCUT2D eigenvalue weighted by molar-refractivity contribution is 9.10. The van der Waals surface area contributed by atoms with Crippen LogP contribution in [0.2, 0.25) is 0 Å². The van der Waals surface area contributed by atoms with Gasteiger partial charge in [0.15, 0.2) is 0 Å². The van der Waals surface area contributed by atoms with E-state index in [2.05, 4.69) is 33.0 Å². The van der Waals surface area contributed by atoms with Crippen LogP contribution in [0.1, 0.15) is 44.1 Å². The van der Waals surface area contributed by atoms with Gasteiger partial charge in [-0.2, -0.15) is 0 Å². The topological polar surface area (TPSA) is 29.3 Å². The van der Waals surface area contributed by atoms with Crippen LogP contribution >= 0.6 is 15.9 Å². The zero-order valence-corrected chi connectivity index (χ0v) is 13.0. The second-order valence-corrected chi connectivity index (χ2v) is 6.93. The third kappa shape index (κ3) is 2.97. The minimum absolute atomic E-state index is 0.831. The van der Waals surface area contributed by atoms with E-state index in [4.69, 9.17) is 5.73 Å². The fourth-order valence-corrected chi connectivity index (χ4v) is 4.25. The largest absolute Gasteiger partial charge is 0.398 e. The molecular formula is C16H23BrN2. The van der Waals surface area contributed by atoms with Crippen LogP contribution in [0.15, 0.2) is 22.7 Å². The normalized spacial score (nSPS) is 28.1. The number of hydrogen-bond acceptors (Lipinski definition) is 2. The summed E-state index contributed by atoms with van der Waals surface area (Å²) in [5, 5.41) is 0. The van der Waals surface area contributed by atoms with Gasteiger partial charge in [0.1, 0.15) is 0 Å². The molecule has 0 amide bonds. The van der Waals surface area contributed by atoms with Crippen LogP contribution in [0.25, 0.3) is 0 Å². The summed E-state index contributed by atoms with van der Waals surface area (Å²) < 4.78 is 1.03. The molecule has 1 heterocycles. The SMILES string of the molecule is Nc1ccc(CN2CCCC3CCCCC32)cc1Br. The van der Waals surface area contributed by atoms with Crippen molar-refractivity contribution in [2.45, 2.75) is 51.1 Å². The van der Waals surface area contributed by atoms with Crippen molar-refractivity contribution in [3.8, 4) is 0 Å². The molecule has 0 bridgehead atoms. The lowest BCUT2D eigenvalue weighted by molar-refractivity contribution is 0.0547. The number of fused-ring (bicyclic) bond motifs is 1. The van der Waals surface area contributed by atoms with Crippen molar-refractivity contribution in [1.29, 1.82) is 0 Å². The highest BCUT2D eigenvalue weighted by atomic mass is 79.9. The van der Waals surface area contributed by atoms with Crippen LogP contribution in [-0.4, -0.2) is 17.5 Å². The minimum atomic E-state index is 0.831. The Morgan fingerprint density at radius 1 is 1.16 bits per heavy atom. The first-order valence-corrected chi connectivity index (χ1v) is 8.31. The van der Waals surface area contributed by atoms with Crippen LogP contribution in [0.3, 0.4) is 0 Å². The van der Waals surface area contributed by atoms with Gasteiger partial charge in [-0.3, -0.25) is 4.90 Å². The molecule has 2 nitrogen and oxygen atoms in total. The molecule has 2 N–H and O–H groups in total. The molecule has 19 heavy (non-hydrogen) atoms. The number of rotatable bonds is 2. The quantitative estimate of drug-likeness (QED) is 0.827. The van der Waals surface area contributed by atoms with E-state index >= 15 is 0 Å². The third-order valence-electron chi connectivity index (χ3n) is 4.81. The predicted molar refractivity (Wildman–Crippen MR) is 83.9 cm³/mol. The Hall–Kier alpha value is -0.540. The molecule has 104 valence electrons. The summed E-state index contributed by atoms with van der Waals surface area (Å²) in [5.74, 6) is 0.958. The lowest BCUT2D eigenvalue weighted by atomic mass is 9.78. The van der Waals surface area contributed by atoms with Crippen LogP contribution in [-0.2, 0) is 6.54 Å². The molecule has 1 saturated heterocycles. The minimum Gasteiger partial charge on any atom is -0.398 e. The monoisotopic (exact) mass is 322 g/mol. The van der Waals surface area contributed by atoms with Gasteiger partial charge in [0.05, 0.1) is 0 Å². The fourth-order valence-electron chi connectivity index (χ4n) is 3.83. The molecule has 1 aromatic carbocycles. The number of hydrogen-bond donors (Lipinski definition) is 1. The average molecular weight is 323 g/mol. The summed E-state index contributed by atoms with van der Waals surface area (Å²) in [4.78, 5) is 2.71. The number of benzene rings is 1. The molecule has 1 saturated carbocycles. The standard InChI is InChI=1S/C16H23BrN2/c17-14-10-12(7-8-15(14)18)11-19-9-3-5-13-4-1-2-6-16(13)19/h7-8,10,13,16H,1-6,9,11,18H2. The van der Waals surface area contributed by atoms with E-state index in [1.165, 1.54) is 50.6 Å². The van der Waals surface area contributed by atoms with Crippen molar-refractivity contribution in [2.24, 2.45) is 5.92 Å². The van der Waals surface area contributed by atoms with Gasteiger partial charge in [0.2, 0.25) is 0 Å². The molecule has 1 aromatic rings. The molecule has 3 rings (SSSR count). The van der Waals surface area contributed by atoms with Gasteiger partial charge in [-0.05, 0) is 71.8 Å². The zero-order chi connectivity index (χ0) is 13.2. The van der Waals surface area contributed by atoms with E-state index < -0.39 is 0 Å². The molecule has 0 aromatic heterocycles. The van der Waals surface area contributed by atoms with Crippen molar-refractivity contribution < 1.29 is 0 Å². The van der Waals surface area contributed by atoms with Gasteiger partial charge < -0.3 is 5.73 Å². The van der Waals surface area contributed by atoms with Crippen LogP contribution in [0, 0.1) is 5.92 Å². The summed E-state index contributed by atoms with van der Waals surface area (Å²) in [6, 6.07) is 7.20. The molecule has 2 unspecified atom stereocenters. The summed E-state index contributed by atoms with van der Waals surface area (Å²) in [6.07, 6.45) is 8.54. The molecule has 3 heteroatoms. The van der Waals surface area contributed by atoms with E-state index in [9.17, 15) is 0 Å². The summed E-state index contributed by atoms with van der Waals surface area (Å²) >= 11 is 3.54. The predicted octanol–water partition coefficient (Wildman–Crippen LogP) is 4.19. The van der Waals surface area contributed by atoms with Gasteiger partial charge in [-0.25, -0.2) is 0 Å². The Balaban J connectivity index is 1.72. The number of anilines is 1. The van der Waals surface area contributed by atoms with Crippen LogP contribution < -0.4 is 5.73 Å². The number of nitrogen functional groups attached to an aromatic ring is 1. The molecule has 2 fully saturated rings. The zero-order valence-electron chi connectivity index (χ0n) is 11.4. The van der Waals surface area contributed by atoms with Crippen molar-refractivity contribution in [2.75, 3.05) is 12.3 Å². The first-order valence-electron chi connectivity index (χ1n) is 7.52. The number of likely N-dealkylation sites (tertiary alicyclic amines) is 1. The van der Waals surface area contributed by atoms with Gasteiger partial charge in [-0.1, -0.05) is 18.9 Å². The number of halogens is 1. The first-order chi connectivity index (χ1) is 9.24. The van der Waals surface area contributed by atoms with Crippen molar-refractivity contribution in [1.82, 2.24) is 4.90 Å². The van der Waals surface area contributed by atoms with E-state index in [0.717, 1.165) is 28.7 Å². The second kappa shape index (κ2) is 5.84. The Morgan fingerprint density at radius 2 is 1.95 bits per heavy atom. The molecular weight excluding hydrogens is 300 g/mol. The van der Waals surface area contributed by atoms with Gasteiger partial charge in [0.25, 0.3) is 0 Å². The number of nitrogens with two attached hydrogens (primary N) is 1. The maximum Gasteiger partial charge on any atom is 0.0458 e.